The Bertz CT molecular complexity index is 1290. The fourth-order valence-corrected chi connectivity index (χ4v) is 4.06. The number of nitrogens with one attached hydrogen (secondary N) is 4. The van der Waals surface area contributed by atoms with Gasteiger partial charge in [0.25, 0.3) is 11.8 Å². The van der Waals surface area contributed by atoms with Gasteiger partial charge in [0.15, 0.2) is 0 Å². The standard InChI is InChI=1S/C24H23N7O5/c25-13-14-5-3-8-18(28-14)29-24(36)27-12-2-1-11-26-16-7-4-6-15-20(16)23(35)31(22(15)34)17-9-10-19(32)30-21(17)33/h3-8,17,26H,1-2,9-12H2,(H,30,32,33)(H2,27,28,29,36). The number of imide groups is 2. The number of hydrogen-bond acceptors (Lipinski definition) is 8. The molecule has 184 valence electrons. The van der Waals surface area contributed by atoms with Crippen LogP contribution in [0.5, 0.6) is 0 Å². The van der Waals surface area contributed by atoms with Gasteiger partial charge in [-0.3, -0.25) is 34.7 Å². The van der Waals surface area contributed by atoms with E-state index >= 15 is 0 Å². The fraction of sp³-hybridized carbons (Fsp3) is 0.292. The lowest BCUT2D eigenvalue weighted by Gasteiger charge is -2.27. The number of hydrogen-bond donors (Lipinski definition) is 4. The molecule has 1 atom stereocenters. The summed E-state index contributed by atoms with van der Waals surface area (Å²) in [6, 6.07) is 10.1. The maximum absolute atomic E-state index is 13.1. The fourth-order valence-electron chi connectivity index (χ4n) is 4.06. The number of fused-ring (bicyclic) bond motifs is 1. The van der Waals surface area contributed by atoms with Crippen LogP contribution in [0.2, 0.25) is 0 Å². The van der Waals surface area contributed by atoms with Gasteiger partial charge in [-0.25, -0.2) is 9.78 Å². The number of rotatable bonds is 8. The molecule has 3 heterocycles. The van der Waals surface area contributed by atoms with Gasteiger partial charge in [0, 0.05) is 25.2 Å². The summed E-state index contributed by atoms with van der Waals surface area (Å²) in [5, 5.41) is 19.5. The van der Waals surface area contributed by atoms with E-state index in [1.165, 1.54) is 12.1 Å². The van der Waals surface area contributed by atoms with E-state index < -0.39 is 35.7 Å². The van der Waals surface area contributed by atoms with E-state index in [4.69, 9.17) is 5.26 Å². The molecule has 1 aromatic heterocycles. The lowest BCUT2D eigenvalue weighted by Crippen LogP contribution is -2.54. The predicted molar refractivity (Wildman–Crippen MR) is 127 cm³/mol. The highest BCUT2D eigenvalue weighted by Crippen LogP contribution is 2.32. The number of benzene rings is 1. The normalized spacial score (nSPS) is 16.8. The first-order chi connectivity index (χ1) is 17.4. The molecule has 2 aromatic rings. The van der Waals surface area contributed by atoms with Crippen LogP contribution in [0.25, 0.3) is 0 Å². The summed E-state index contributed by atoms with van der Waals surface area (Å²) in [6.07, 6.45) is 1.45. The minimum absolute atomic E-state index is 0.0593. The molecule has 12 heteroatoms. The van der Waals surface area contributed by atoms with Crippen molar-refractivity contribution < 1.29 is 24.0 Å². The average molecular weight is 489 g/mol. The lowest BCUT2D eigenvalue weighted by atomic mass is 10.0. The van der Waals surface area contributed by atoms with Crippen molar-refractivity contribution in [2.75, 3.05) is 23.7 Å². The second-order valence-electron chi connectivity index (χ2n) is 8.21. The minimum Gasteiger partial charge on any atom is -0.384 e. The Morgan fingerprint density at radius 1 is 1.08 bits per heavy atom. The molecule has 1 unspecified atom stereocenters. The first-order valence-corrected chi connectivity index (χ1v) is 11.4. The van der Waals surface area contributed by atoms with Gasteiger partial charge in [-0.05, 0) is 43.5 Å². The summed E-state index contributed by atoms with van der Waals surface area (Å²) in [7, 11) is 0. The second-order valence-corrected chi connectivity index (χ2v) is 8.21. The van der Waals surface area contributed by atoms with E-state index in [1.807, 2.05) is 6.07 Å². The van der Waals surface area contributed by atoms with Crippen molar-refractivity contribution in [1.29, 1.82) is 5.26 Å². The molecule has 0 radical (unpaired) electrons. The zero-order chi connectivity index (χ0) is 25.7. The highest BCUT2D eigenvalue weighted by molar-refractivity contribution is 6.25. The summed E-state index contributed by atoms with van der Waals surface area (Å²) >= 11 is 0. The van der Waals surface area contributed by atoms with Gasteiger partial charge >= 0.3 is 6.03 Å². The van der Waals surface area contributed by atoms with Gasteiger partial charge in [-0.15, -0.1) is 0 Å². The molecule has 6 amide bonds. The molecule has 2 aliphatic rings. The van der Waals surface area contributed by atoms with Crippen LogP contribution >= 0.6 is 0 Å². The van der Waals surface area contributed by atoms with Gasteiger partial charge < -0.3 is 10.6 Å². The van der Waals surface area contributed by atoms with E-state index in [0.29, 0.717) is 31.6 Å². The van der Waals surface area contributed by atoms with E-state index in [2.05, 4.69) is 26.3 Å². The molecule has 4 N–H and O–H groups in total. The summed E-state index contributed by atoms with van der Waals surface area (Å²) in [6.45, 7) is 0.866. The Morgan fingerprint density at radius 3 is 2.64 bits per heavy atom. The van der Waals surface area contributed by atoms with Crippen LogP contribution in [0.3, 0.4) is 0 Å². The van der Waals surface area contributed by atoms with E-state index in [1.54, 1.807) is 24.3 Å². The number of amides is 6. The molecule has 0 bridgehead atoms. The largest absolute Gasteiger partial charge is 0.384 e. The smallest absolute Gasteiger partial charge is 0.320 e. The Kier molecular flexibility index (Phi) is 7.20. The predicted octanol–water partition coefficient (Wildman–Crippen LogP) is 1.37. The number of nitrogens with zero attached hydrogens (tertiary/aromatic N) is 3. The molecule has 4 rings (SSSR count). The van der Waals surface area contributed by atoms with Crippen LogP contribution < -0.4 is 21.3 Å². The van der Waals surface area contributed by atoms with Crippen LogP contribution in [0.4, 0.5) is 16.3 Å². The monoisotopic (exact) mass is 489 g/mol. The van der Waals surface area contributed by atoms with Gasteiger partial charge in [-0.1, -0.05) is 12.1 Å². The van der Waals surface area contributed by atoms with Crippen LogP contribution in [-0.4, -0.2) is 58.7 Å². The number of unbranched alkanes of at least 4 members (excludes halogenated alkanes) is 1. The van der Waals surface area contributed by atoms with Crippen LogP contribution in [0.15, 0.2) is 36.4 Å². The summed E-state index contributed by atoms with van der Waals surface area (Å²) in [5.74, 6) is -1.93. The molecule has 1 saturated heterocycles. The number of anilines is 2. The number of urea groups is 1. The highest BCUT2D eigenvalue weighted by atomic mass is 16.2. The van der Waals surface area contributed by atoms with Crippen molar-refractivity contribution in [2.24, 2.45) is 0 Å². The summed E-state index contributed by atoms with van der Waals surface area (Å²) in [5.41, 5.74) is 1.10. The SMILES string of the molecule is N#Cc1cccc(NC(=O)NCCCCNc2cccc3c2C(=O)N(C2CCC(=O)NC2=O)C3=O)n1. The lowest BCUT2D eigenvalue weighted by molar-refractivity contribution is -0.136. The molecule has 1 aromatic carbocycles. The number of nitriles is 1. The average Bonchev–Trinajstić information content (AvgIpc) is 3.12. The zero-order valence-electron chi connectivity index (χ0n) is 19.2. The Hall–Kier alpha value is -4.79. The van der Waals surface area contributed by atoms with E-state index in [9.17, 15) is 24.0 Å². The van der Waals surface area contributed by atoms with Crippen LogP contribution in [0, 0.1) is 11.3 Å². The second kappa shape index (κ2) is 10.6. The molecular formula is C24H23N7O5. The van der Waals surface area contributed by atoms with Crippen molar-refractivity contribution >= 4 is 41.2 Å². The maximum Gasteiger partial charge on any atom is 0.320 e. The molecule has 0 saturated carbocycles. The molecule has 1 fully saturated rings. The van der Waals surface area contributed by atoms with Crippen molar-refractivity contribution in [1.82, 2.24) is 20.5 Å². The van der Waals surface area contributed by atoms with Gasteiger partial charge in [0.1, 0.15) is 23.6 Å². The molecular weight excluding hydrogens is 466 g/mol. The summed E-state index contributed by atoms with van der Waals surface area (Å²) < 4.78 is 0. The van der Waals surface area contributed by atoms with Gasteiger partial charge in [0.2, 0.25) is 11.8 Å². The molecule has 36 heavy (non-hydrogen) atoms. The first-order valence-electron chi connectivity index (χ1n) is 11.4. The Balaban J connectivity index is 1.26. The van der Waals surface area contributed by atoms with Crippen LogP contribution in [-0.2, 0) is 9.59 Å². The molecule has 2 aliphatic heterocycles. The van der Waals surface area contributed by atoms with Crippen LogP contribution in [0.1, 0.15) is 52.1 Å². The van der Waals surface area contributed by atoms with Crippen molar-refractivity contribution in [3.63, 3.8) is 0 Å². The number of carbonyl (C=O) groups excluding carboxylic acids is 5. The summed E-state index contributed by atoms with van der Waals surface area (Å²) in [4.78, 5) is 66.5. The van der Waals surface area contributed by atoms with Crippen molar-refractivity contribution in [3.05, 3.63) is 53.2 Å². The topological polar surface area (TPSA) is 173 Å². The number of piperidine rings is 1. The van der Waals surface area contributed by atoms with E-state index in [0.717, 1.165) is 4.90 Å². The van der Waals surface area contributed by atoms with Gasteiger partial charge in [0.05, 0.1) is 11.1 Å². The number of aromatic nitrogens is 1. The Labute approximate surface area is 206 Å². The minimum atomic E-state index is -1.02. The van der Waals surface area contributed by atoms with E-state index in [-0.39, 0.29) is 35.5 Å². The zero-order valence-corrected chi connectivity index (χ0v) is 19.2. The maximum atomic E-state index is 13.1. The third kappa shape index (κ3) is 5.15. The van der Waals surface area contributed by atoms with Crippen molar-refractivity contribution in [2.45, 2.75) is 31.7 Å². The Morgan fingerprint density at radius 2 is 1.86 bits per heavy atom. The molecule has 12 nitrogen and oxygen atoms in total. The third-order valence-electron chi connectivity index (χ3n) is 5.78. The highest BCUT2D eigenvalue weighted by Gasteiger charge is 2.45. The quantitative estimate of drug-likeness (QED) is 0.318. The molecule has 0 spiro atoms. The number of carbonyl (C=O) groups is 5. The van der Waals surface area contributed by atoms with Gasteiger partial charge in [-0.2, -0.15) is 5.26 Å². The van der Waals surface area contributed by atoms with Crippen molar-refractivity contribution in [3.8, 4) is 6.07 Å². The first kappa shape index (κ1) is 24.3. The molecule has 0 aliphatic carbocycles. The third-order valence-corrected chi connectivity index (χ3v) is 5.78. The number of pyridine rings is 1.